The number of hydrogen-bond acceptors (Lipinski definition) is 8. The third kappa shape index (κ3) is 4.62. The second-order valence-electron chi connectivity index (χ2n) is 8.14. The van der Waals surface area contributed by atoms with Gasteiger partial charge in [-0.05, 0) is 37.3 Å². The lowest BCUT2D eigenvalue weighted by molar-refractivity contribution is -0.137. The highest BCUT2D eigenvalue weighted by Gasteiger charge is 2.39. The molecule has 194 valence electrons. The molecule has 11 nitrogen and oxygen atoms in total. The molecule has 1 aliphatic heterocycles. The zero-order valence-corrected chi connectivity index (χ0v) is 20.3. The van der Waals surface area contributed by atoms with Gasteiger partial charge in [-0.2, -0.15) is 28.7 Å². The molecule has 1 unspecified atom stereocenters. The zero-order valence-electron chi connectivity index (χ0n) is 19.5. The zero-order chi connectivity index (χ0) is 28.0. The summed E-state index contributed by atoms with van der Waals surface area (Å²) in [4.78, 5) is 16.3. The maximum absolute atomic E-state index is 13.4. The molecule has 0 bridgehead atoms. The summed E-state index contributed by atoms with van der Waals surface area (Å²) >= 11 is 0. The Morgan fingerprint density at radius 1 is 1.16 bits per heavy atom. The van der Waals surface area contributed by atoms with Crippen LogP contribution in [-0.2, 0) is 16.0 Å². The number of sulfone groups is 1. The van der Waals surface area contributed by atoms with Crippen LogP contribution in [0.25, 0.3) is 0 Å². The van der Waals surface area contributed by atoms with E-state index in [-0.39, 0.29) is 38.9 Å². The SMILES string of the molecule is CC1=C(C#N)C(c2ccc(C#N)cc2S(C)(=O)=O)n2nc(NC(=O)O)nc2N1c1cccc(C(F)(F)F)c1. The molecule has 4 rings (SSSR count). The molecule has 0 fully saturated rings. The van der Waals surface area contributed by atoms with Crippen LogP contribution >= 0.6 is 0 Å². The Hall–Kier alpha value is -4.89. The lowest BCUT2D eigenvalue weighted by Gasteiger charge is -2.34. The molecular weight excluding hydrogens is 527 g/mol. The summed E-state index contributed by atoms with van der Waals surface area (Å²) in [6, 6.07) is 10.5. The van der Waals surface area contributed by atoms with Crippen molar-refractivity contribution in [3.05, 3.63) is 70.4 Å². The highest BCUT2D eigenvalue weighted by Crippen LogP contribution is 2.44. The normalized spacial score (nSPS) is 15.4. The number of aromatic nitrogens is 3. The maximum atomic E-state index is 13.4. The number of hydrogen-bond donors (Lipinski definition) is 2. The molecule has 1 aromatic heterocycles. The van der Waals surface area contributed by atoms with E-state index in [9.17, 15) is 36.9 Å². The number of nitrogens with zero attached hydrogens (tertiary/aromatic N) is 6. The van der Waals surface area contributed by atoms with E-state index in [2.05, 4.69) is 10.1 Å². The first-order valence-corrected chi connectivity index (χ1v) is 12.4. The molecule has 2 aromatic carbocycles. The number of carbonyl (C=O) groups is 1. The molecular formula is C23H16F3N7O4S. The van der Waals surface area contributed by atoms with Crippen LogP contribution in [0.15, 0.2) is 58.6 Å². The van der Waals surface area contributed by atoms with E-state index in [1.165, 1.54) is 30.0 Å². The van der Waals surface area contributed by atoms with Crippen LogP contribution < -0.4 is 10.2 Å². The van der Waals surface area contributed by atoms with Crippen LogP contribution in [0.3, 0.4) is 0 Å². The van der Waals surface area contributed by atoms with Crippen LogP contribution in [0.2, 0.25) is 0 Å². The lowest BCUT2D eigenvalue weighted by atomic mass is 9.95. The van der Waals surface area contributed by atoms with Crippen molar-refractivity contribution in [3.8, 4) is 12.1 Å². The molecule has 1 aliphatic rings. The molecule has 1 atom stereocenters. The van der Waals surface area contributed by atoms with E-state index in [1.807, 2.05) is 17.5 Å². The average Bonchev–Trinajstić information content (AvgIpc) is 3.23. The van der Waals surface area contributed by atoms with Gasteiger partial charge in [0.1, 0.15) is 6.04 Å². The van der Waals surface area contributed by atoms with Crippen molar-refractivity contribution in [1.82, 2.24) is 14.8 Å². The van der Waals surface area contributed by atoms with Crippen LogP contribution in [0.1, 0.15) is 29.7 Å². The van der Waals surface area contributed by atoms with E-state index in [4.69, 9.17) is 5.11 Å². The van der Waals surface area contributed by atoms with E-state index in [1.54, 1.807) is 0 Å². The van der Waals surface area contributed by atoms with Gasteiger partial charge in [-0.15, -0.1) is 5.10 Å². The summed E-state index contributed by atoms with van der Waals surface area (Å²) in [6.45, 7) is 1.43. The number of halogens is 3. The number of benzene rings is 2. The van der Waals surface area contributed by atoms with E-state index in [0.29, 0.717) is 0 Å². The van der Waals surface area contributed by atoms with E-state index >= 15 is 0 Å². The van der Waals surface area contributed by atoms with Gasteiger partial charge in [0, 0.05) is 23.2 Å². The minimum absolute atomic E-state index is 0.0270. The van der Waals surface area contributed by atoms with Crippen molar-refractivity contribution in [3.63, 3.8) is 0 Å². The standard InChI is InChI=1S/C23H16F3N7O4S/c1-12-17(11-28)19(16-7-6-13(10-27)8-18(16)38(2,36)37)33-21(29-20(31-33)30-22(34)35)32(12)15-5-3-4-14(9-15)23(24,25)26/h3-9,19H,1-2H3,(H,30,31)(H,34,35). The smallest absolute Gasteiger partial charge is 0.416 e. The van der Waals surface area contributed by atoms with Crippen molar-refractivity contribution in [1.29, 1.82) is 10.5 Å². The number of fused-ring (bicyclic) bond motifs is 1. The predicted octanol–water partition coefficient (Wildman–Crippen LogP) is 4.20. The monoisotopic (exact) mass is 543 g/mol. The molecule has 1 amide bonds. The van der Waals surface area contributed by atoms with Crippen LogP contribution in [0.4, 0.5) is 35.5 Å². The largest absolute Gasteiger partial charge is 0.465 e. The van der Waals surface area contributed by atoms with Gasteiger partial charge in [0.25, 0.3) is 5.95 Å². The summed E-state index contributed by atoms with van der Waals surface area (Å²) in [5.74, 6) is -0.644. The molecule has 2 heterocycles. The number of allylic oxidation sites excluding steroid dienone is 2. The quantitative estimate of drug-likeness (QED) is 0.490. The van der Waals surface area contributed by atoms with E-state index < -0.39 is 39.7 Å². The number of anilines is 3. The highest BCUT2D eigenvalue weighted by atomic mass is 32.2. The third-order valence-corrected chi connectivity index (χ3v) is 6.82. The molecule has 0 aliphatic carbocycles. The van der Waals surface area contributed by atoms with Gasteiger partial charge in [-0.1, -0.05) is 12.1 Å². The van der Waals surface area contributed by atoms with Crippen molar-refractivity contribution in [2.75, 3.05) is 16.5 Å². The summed E-state index contributed by atoms with van der Waals surface area (Å²) in [7, 11) is -3.96. The van der Waals surface area contributed by atoms with Crippen molar-refractivity contribution < 1.29 is 31.5 Å². The van der Waals surface area contributed by atoms with Gasteiger partial charge in [0.2, 0.25) is 5.95 Å². The first kappa shape index (κ1) is 26.2. The second kappa shape index (κ2) is 9.20. The number of rotatable bonds is 4. The van der Waals surface area contributed by atoms with Gasteiger partial charge >= 0.3 is 12.3 Å². The second-order valence-corrected chi connectivity index (χ2v) is 10.1. The lowest BCUT2D eigenvalue weighted by Crippen LogP contribution is -2.31. The van der Waals surface area contributed by atoms with Gasteiger partial charge in [0.15, 0.2) is 9.84 Å². The predicted molar refractivity (Wildman–Crippen MR) is 126 cm³/mol. The highest BCUT2D eigenvalue weighted by molar-refractivity contribution is 7.90. The summed E-state index contributed by atoms with van der Waals surface area (Å²) in [6.07, 6.45) is -5.30. The van der Waals surface area contributed by atoms with Crippen molar-refractivity contribution >= 4 is 33.5 Å². The van der Waals surface area contributed by atoms with Crippen LogP contribution in [-0.4, -0.2) is 40.6 Å². The topological polar surface area (TPSA) is 165 Å². The molecule has 0 spiro atoms. The molecule has 38 heavy (non-hydrogen) atoms. The Balaban J connectivity index is 2.05. The number of carboxylic acid groups (broad SMARTS) is 1. The average molecular weight is 543 g/mol. The molecule has 3 aromatic rings. The van der Waals surface area contributed by atoms with Crippen LogP contribution in [0, 0.1) is 22.7 Å². The maximum Gasteiger partial charge on any atom is 0.416 e. The molecule has 0 radical (unpaired) electrons. The Morgan fingerprint density at radius 2 is 1.87 bits per heavy atom. The van der Waals surface area contributed by atoms with Gasteiger partial charge < -0.3 is 5.11 Å². The Labute approximate surface area is 213 Å². The van der Waals surface area contributed by atoms with E-state index in [0.717, 1.165) is 35.2 Å². The summed E-state index contributed by atoms with van der Waals surface area (Å²) in [5.41, 5.74) is -0.980. The first-order chi connectivity index (χ1) is 17.8. The fraction of sp³-hybridized carbons (Fsp3) is 0.174. The number of nitrogens with one attached hydrogen (secondary N) is 1. The summed E-state index contributed by atoms with van der Waals surface area (Å²) in [5, 5.41) is 34.6. The summed E-state index contributed by atoms with van der Waals surface area (Å²) < 4.78 is 66.7. The Bertz CT molecular complexity index is 1700. The molecule has 0 saturated carbocycles. The van der Waals surface area contributed by atoms with Gasteiger partial charge in [-0.25, -0.2) is 17.9 Å². The van der Waals surface area contributed by atoms with Crippen LogP contribution in [0.5, 0.6) is 0 Å². The van der Waals surface area contributed by atoms with Crippen molar-refractivity contribution in [2.45, 2.75) is 24.0 Å². The fourth-order valence-electron chi connectivity index (χ4n) is 4.09. The number of amides is 1. The van der Waals surface area contributed by atoms with Crippen molar-refractivity contribution in [2.24, 2.45) is 0 Å². The Kier molecular flexibility index (Phi) is 6.34. The minimum Gasteiger partial charge on any atom is -0.465 e. The number of alkyl halides is 3. The Morgan fingerprint density at radius 3 is 2.45 bits per heavy atom. The fourth-order valence-corrected chi connectivity index (χ4v) is 5.04. The minimum atomic E-state index is -4.68. The van der Waals surface area contributed by atoms with Gasteiger partial charge in [-0.3, -0.25) is 10.2 Å². The first-order valence-electron chi connectivity index (χ1n) is 10.5. The molecule has 15 heteroatoms. The third-order valence-electron chi connectivity index (χ3n) is 5.66. The molecule has 0 saturated heterocycles. The number of nitriles is 2. The van der Waals surface area contributed by atoms with Gasteiger partial charge in [0.05, 0.1) is 33.7 Å². The molecule has 2 N–H and O–H groups in total.